The molecule has 24 heavy (non-hydrogen) atoms. The number of aryl methyl sites for hydroxylation is 2. The van der Waals surface area contributed by atoms with Crippen LogP contribution in [0, 0.1) is 18.3 Å². The van der Waals surface area contributed by atoms with E-state index < -0.39 is 26.7 Å². The molecule has 0 aliphatic rings. The van der Waals surface area contributed by atoms with Crippen LogP contribution in [0.3, 0.4) is 0 Å². The van der Waals surface area contributed by atoms with Gasteiger partial charge in [-0.1, -0.05) is 6.07 Å². The normalized spacial score (nSPS) is 12.0. The highest BCUT2D eigenvalue weighted by Crippen LogP contribution is 2.30. The van der Waals surface area contributed by atoms with Gasteiger partial charge in [-0.2, -0.15) is 23.5 Å². The summed E-state index contributed by atoms with van der Waals surface area (Å²) >= 11 is 0. The summed E-state index contributed by atoms with van der Waals surface area (Å²) in [5.41, 5.74) is 1.72. The average Bonchev–Trinajstić information content (AvgIpc) is 2.77. The Morgan fingerprint density at radius 1 is 1.33 bits per heavy atom. The lowest BCUT2D eigenvalue weighted by Crippen LogP contribution is -2.31. The largest absolute Gasteiger partial charge is 0.416 e. The number of benzene rings is 1. The van der Waals surface area contributed by atoms with Crippen molar-refractivity contribution in [2.45, 2.75) is 18.0 Å². The second-order valence-corrected chi connectivity index (χ2v) is 6.48. The maximum Gasteiger partial charge on any atom is 0.416 e. The fourth-order valence-corrected chi connectivity index (χ4v) is 2.84. The number of hydrazine groups is 1. The second kappa shape index (κ2) is 6.14. The van der Waals surface area contributed by atoms with Crippen molar-refractivity contribution in [1.82, 2.24) is 14.6 Å². The monoisotopic (exact) mass is 359 g/mol. The molecule has 0 bridgehead atoms. The quantitative estimate of drug-likeness (QED) is 0.813. The Labute approximate surface area is 135 Å². The molecule has 11 heteroatoms. The fourth-order valence-electron chi connectivity index (χ4n) is 1.95. The topological polar surface area (TPSA) is 99.8 Å². The molecular weight excluding hydrogens is 347 g/mol. The van der Waals surface area contributed by atoms with Crippen molar-refractivity contribution in [1.29, 1.82) is 5.26 Å². The lowest BCUT2D eigenvalue weighted by molar-refractivity contribution is -0.137. The smallest absolute Gasteiger partial charge is 0.291 e. The van der Waals surface area contributed by atoms with Gasteiger partial charge >= 0.3 is 6.18 Å². The van der Waals surface area contributed by atoms with Crippen molar-refractivity contribution in [3.05, 3.63) is 41.1 Å². The molecule has 0 amide bonds. The number of hydrogen-bond donors (Lipinski definition) is 2. The molecule has 1 aromatic heterocycles. The number of hydrogen-bond acceptors (Lipinski definition) is 5. The number of halogens is 3. The van der Waals surface area contributed by atoms with Crippen molar-refractivity contribution in [2.75, 3.05) is 5.43 Å². The van der Waals surface area contributed by atoms with Crippen LogP contribution in [0.5, 0.6) is 0 Å². The summed E-state index contributed by atoms with van der Waals surface area (Å²) in [6, 6.07) is 5.17. The van der Waals surface area contributed by atoms with Crippen molar-refractivity contribution in [3.63, 3.8) is 0 Å². The summed E-state index contributed by atoms with van der Waals surface area (Å²) < 4.78 is 63.6. The number of aromatic nitrogens is 2. The highest BCUT2D eigenvalue weighted by Gasteiger charge is 2.31. The molecule has 128 valence electrons. The van der Waals surface area contributed by atoms with Gasteiger partial charge in [-0.05, 0) is 25.1 Å². The minimum absolute atomic E-state index is 0.0746. The number of nitriles is 1. The number of anilines is 1. The predicted octanol–water partition coefficient (Wildman–Crippen LogP) is 1.92. The first-order valence-electron chi connectivity index (χ1n) is 6.45. The molecule has 1 heterocycles. The van der Waals surface area contributed by atoms with E-state index in [0.717, 1.165) is 18.2 Å². The Kier molecular flexibility index (Phi) is 4.54. The van der Waals surface area contributed by atoms with E-state index in [9.17, 15) is 21.6 Å². The third kappa shape index (κ3) is 3.50. The Morgan fingerprint density at radius 3 is 2.58 bits per heavy atom. The number of rotatable bonds is 4. The van der Waals surface area contributed by atoms with Crippen LogP contribution in [0.4, 0.5) is 19.0 Å². The van der Waals surface area contributed by atoms with Gasteiger partial charge in [0.15, 0.2) is 5.82 Å². The van der Waals surface area contributed by atoms with Crippen LogP contribution in [0.2, 0.25) is 0 Å². The van der Waals surface area contributed by atoms with E-state index >= 15 is 0 Å². The number of sulfonamides is 1. The van der Waals surface area contributed by atoms with E-state index in [-0.39, 0.29) is 11.4 Å². The van der Waals surface area contributed by atoms with Gasteiger partial charge in [0.1, 0.15) is 11.6 Å². The first-order chi connectivity index (χ1) is 11.1. The Morgan fingerprint density at radius 2 is 2.00 bits per heavy atom. The van der Waals surface area contributed by atoms with E-state index in [1.54, 1.807) is 6.92 Å². The molecule has 7 nitrogen and oxygen atoms in total. The summed E-state index contributed by atoms with van der Waals surface area (Å²) in [6.07, 6.45) is -4.66. The molecule has 0 aliphatic heterocycles. The highest BCUT2D eigenvalue weighted by molar-refractivity contribution is 7.89. The van der Waals surface area contributed by atoms with Crippen LogP contribution < -0.4 is 10.3 Å². The molecule has 2 rings (SSSR count). The molecule has 0 fully saturated rings. The first kappa shape index (κ1) is 17.8. The zero-order valence-corrected chi connectivity index (χ0v) is 13.3. The van der Waals surface area contributed by atoms with Crippen molar-refractivity contribution < 1.29 is 21.6 Å². The van der Waals surface area contributed by atoms with Crippen molar-refractivity contribution in [3.8, 4) is 6.07 Å². The molecule has 1 aromatic carbocycles. The van der Waals surface area contributed by atoms with Gasteiger partial charge in [-0.15, -0.1) is 4.83 Å². The van der Waals surface area contributed by atoms with Gasteiger partial charge in [0.2, 0.25) is 0 Å². The standard InChI is InChI=1S/C13H12F3N5O2S/c1-8-11(7-17)12(21(2)19-8)18-20-24(22,23)10-5-3-4-9(6-10)13(14,15)16/h3-6,18,20H,1-2H3. The maximum absolute atomic E-state index is 12.7. The van der Waals surface area contributed by atoms with Crippen LogP contribution >= 0.6 is 0 Å². The molecule has 0 saturated carbocycles. The highest BCUT2D eigenvalue weighted by atomic mass is 32.2. The van der Waals surface area contributed by atoms with Crippen molar-refractivity contribution >= 4 is 15.8 Å². The summed E-state index contributed by atoms with van der Waals surface area (Å²) in [4.78, 5) is 1.37. The zero-order chi connectivity index (χ0) is 18.1. The van der Waals surface area contributed by atoms with Crippen LogP contribution in [0.15, 0.2) is 29.2 Å². The predicted molar refractivity (Wildman–Crippen MR) is 78.0 cm³/mol. The number of nitrogens with one attached hydrogen (secondary N) is 2. The zero-order valence-electron chi connectivity index (χ0n) is 12.5. The van der Waals surface area contributed by atoms with Crippen molar-refractivity contribution in [2.24, 2.45) is 7.05 Å². The number of nitrogens with zero attached hydrogens (tertiary/aromatic N) is 3. The lowest BCUT2D eigenvalue weighted by Gasteiger charge is -2.12. The average molecular weight is 359 g/mol. The molecule has 2 aromatic rings. The van der Waals surface area contributed by atoms with Gasteiger partial charge in [-0.25, -0.2) is 8.42 Å². The molecule has 0 saturated heterocycles. The Balaban J connectivity index is 2.29. The SMILES string of the molecule is Cc1nn(C)c(NNS(=O)(=O)c2cccc(C(F)(F)F)c2)c1C#N. The van der Waals surface area contributed by atoms with Gasteiger partial charge in [0, 0.05) is 7.05 Å². The molecular formula is C13H12F3N5O2S. The minimum Gasteiger partial charge on any atom is -0.291 e. The summed E-state index contributed by atoms with van der Waals surface area (Å²) in [6.45, 7) is 1.56. The summed E-state index contributed by atoms with van der Waals surface area (Å²) in [5, 5.41) is 13.0. The van der Waals surface area contributed by atoms with Crippen LogP contribution in [-0.2, 0) is 23.2 Å². The van der Waals surface area contributed by atoms with E-state index in [1.165, 1.54) is 11.7 Å². The third-order valence-electron chi connectivity index (χ3n) is 3.11. The number of alkyl halides is 3. The van der Waals surface area contributed by atoms with Crippen LogP contribution in [0.1, 0.15) is 16.8 Å². The summed E-state index contributed by atoms with van der Waals surface area (Å²) in [7, 11) is -2.80. The summed E-state index contributed by atoms with van der Waals surface area (Å²) in [5.74, 6) is 0.0746. The van der Waals surface area contributed by atoms with Crippen LogP contribution in [0.25, 0.3) is 0 Å². The lowest BCUT2D eigenvalue weighted by atomic mass is 10.2. The van der Waals surface area contributed by atoms with E-state index in [4.69, 9.17) is 5.26 Å². The second-order valence-electron chi connectivity index (χ2n) is 4.80. The van der Waals surface area contributed by atoms with E-state index in [2.05, 4.69) is 10.5 Å². The minimum atomic E-state index is -4.66. The molecule has 0 unspecified atom stereocenters. The van der Waals surface area contributed by atoms with E-state index in [0.29, 0.717) is 11.8 Å². The molecule has 0 atom stereocenters. The Hall–Kier alpha value is -2.58. The third-order valence-corrected chi connectivity index (χ3v) is 4.35. The Bertz CT molecular complexity index is 913. The van der Waals surface area contributed by atoms with E-state index in [1.807, 2.05) is 10.9 Å². The van der Waals surface area contributed by atoms with Crippen LogP contribution in [-0.4, -0.2) is 18.2 Å². The maximum atomic E-state index is 12.7. The molecule has 0 spiro atoms. The van der Waals surface area contributed by atoms with Gasteiger partial charge in [0.25, 0.3) is 10.0 Å². The van der Waals surface area contributed by atoms with Gasteiger partial charge in [-0.3, -0.25) is 10.1 Å². The van der Waals surface area contributed by atoms with Gasteiger partial charge in [0.05, 0.1) is 16.2 Å². The van der Waals surface area contributed by atoms with Gasteiger partial charge < -0.3 is 0 Å². The fraction of sp³-hybridized carbons (Fsp3) is 0.231. The molecule has 0 aliphatic carbocycles. The molecule has 2 N–H and O–H groups in total. The molecule has 0 radical (unpaired) electrons. The first-order valence-corrected chi connectivity index (χ1v) is 7.93.